The van der Waals surface area contributed by atoms with Crippen molar-refractivity contribution in [1.82, 2.24) is 20.2 Å². The van der Waals surface area contributed by atoms with Gasteiger partial charge in [-0.05, 0) is 6.08 Å². The Morgan fingerprint density at radius 3 is 3.14 bits per heavy atom. The molecule has 0 aliphatic heterocycles. The maximum atomic E-state index is 5.91. The molecule has 0 aliphatic carbocycles. The predicted octanol–water partition coefficient (Wildman–Crippen LogP) is 0.978. The van der Waals surface area contributed by atoms with Gasteiger partial charge >= 0.3 is 0 Å². The first-order chi connectivity index (χ1) is 6.83. The smallest absolute Gasteiger partial charge is 0.186 e. The molecule has 72 valence electrons. The second-order valence-electron chi connectivity index (χ2n) is 2.64. The molecule has 0 saturated heterocycles. The zero-order chi connectivity index (χ0) is 9.97. The number of H-pyrrole nitrogens is 1. The van der Waals surface area contributed by atoms with Crippen LogP contribution in [-0.4, -0.2) is 26.7 Å². The summed E-state index contributed by atoms with van der Waals surface area (Å²) in [6.45, 7) is 0.464. The number of hydrogen-bond acceptors (Lipinski definition) is 4. The van der Waals surface area contributed by atoms with E-state index in [1.807, 2.05) is 6.08 Å². The Balaban J connectivity index is 2.61. The zero-order valence-electron chi connectivity index (χ0n) is 7.24. The van der Waals surface area contributed by atoms with E-state index >= 15 is 0 Å². The number of nitrogens with zero attached hydrogens (tertiary/aromatic N) is 3. The van der Waals surface area contributed by atoms with Gasteiger partial charge in [0, 0.05) is 6.54 Å². The lowest BCUT2D eigenvalue weighted by Gasteiger charge is -1.91. The van der Waals surface area contributed by atoms with Crippen LogP contribution < -0.4 is 5.73 Å². The molecule has 0 radical (unpaired) electrons. The summed E-state index contributed by atoms with van der Waals surface area (Å²) in [5.74, 6) is 0. The zero-order valence-corrected chi connectivity index (χ0v) is 7.99. The van der Waals surface area contributed by atoms with Gasteiger partial charge in [-0.25, -0.2) is 9.97 Å². The molecule has 0 saturated carbocycles. The summed E-state index contributed by atoms with van der Waals surface area (Å²) < 4.78 is 0. The minimum Gasteiger partial charge on any atom is -0.327 e. The van der Waals surface area contributed by atoms with E-state index in [1.54, 1.807) is 6.08 Å². The number of aromatic nitrogens is 4. The molecule has 6 heteroatoms. The summed E-state index contributed by atoms with van der Waals surface area (Å²) >= 11 is 5.91. The Labute approximate surface area is 85.0 Å². The van der Waals surface area contributed by atoms with Crippen LogP contribution >= 0.6 is 11.6 Å². The Hall–Kier alpha value is -1.46. The van der Waals surface area contributed by atoms with Gasteiger partial charge in [0.15, 0.2) is 5.65 Å². The van der Waals surface area contributed by atoms with Gasteiger partial charge in [-0.15, -0.1) is 0 Å². The number of nitrogens with one attached hydrogen (secondary N) is 1. The third-order valence-electron chi connectivity index (χ3n) is 1.75. The fraction of sp³-hybridized carbons (Fsp3) is 0.125. The van der Waals surface area contributed by atoms with E-state index in [2.05, 4.69) is 20.2 Å². The molecule has 2 aromatic rings. The molecule has 3 N–H and O–H groups in total. The first-order valence-electron chi connectivity index (χ1n) is 4.04. The van der Waals surface area contributed by atoms with Gasteiger partial charge in [0.05, 0.1) is 11.1 Å². The molecule has 0 aliphatic rings. The maximum absolute atomic E-state index is 5.91. The third kappa shape index (κ3) is 1.47. The van der Waals surface area contributed by atoms with Crippen molar-refractivity contribution in [3.8, 4) is 0 Å². The predicted molar refractivity (Wildman–Crippen MR) is 54.8 cm³/mol. The fourth-order valence-corrected chi connectivity index (χ4v) is 1.38. The van der Waals surface area contributed by atoms with E-state index in [-0.39, 0.29) is 0 Å². The molecule has 2 heterocycles. The standard InChI is InChI=1S/C8H8ClN5/c9-7-6-5(2-1-3-10)13-14-8(6)12-4-11-7/h1-2,4H,3,10H2,(H,11,12,13,14). The SMILES string of the molecule is NCC=Cc1[nH]nc2ncnc(Cl)c12. The van der Waals surface area contributed by atoms with Crippen molar-refractivity contribution >= 4 is 28.7 Å². The van der Waals surface area contributed by atoms with Crippen molar-refractivity contribution in [3.05, 3.63) is 23.3 Å². The van der Waals surface area contributed by atoms with Crippen molar-refractivity contribution in [2.24, 2.45) is 5.73 Å². The second kappa shape index (κ2) is 3.73. The van der Waals surface area contributed by atoms with Crippen molar-refractivity contribution < 1.29 is 0 Å². The van der Waals surface area contributed by atoms with Crippen LogP contribution in [0, 0.1) is 0 Å². The molecule has 14 heavy (non-hydrogen) atoms. The molecule has 2 aromatic heterocycles. The van der Waals surface area contributed by atoms with Crippen LogP contribution in [0.15, 0.2) is 12.4 Å². The maximum Gasteiger partial charge on any atom is 0.186 e. The molecule has 0 atom stereocenters. The van der Waals surface area contributed by atoms with Gasteiger partial charge < -0.3 is 5.73 Å². The Bertz CT molecular complexity index is 476. The van der Waals surface area contributed by atoms with Gasteiger partial charge in [0.1, 0.15) is 11.5 Å². The van der Waals surface area contributed by atoms with E-state index in [0.29, 0.717) is 17.3 Å². The van der Waals surface area contributed by atoms with Crippen molar-refractivity contribution in [2.75, 3.05) is 6.54 Å². The van der Waals surface area contributed by atoms with Gasteiger partial charge in [0.25, 0.3) is 0 Å². The third-order valence-corrected chi connectivity index (χ3v) is 2.04. The monoisotopic (exact) mass is 209 g/mol. The normalized spacial score (nSPS) is 11.6. The molecule has 0 amide bonds. The van der Waals surface area contributed by atoms with E-state index in [0.717, 1.165) is 11.1 Å². The molecule has 0 bridgehead atoms. The van der Waals surface area contributed by atoms with E-state index in [4.69, 9.17) is 17.3 Å². The lowest BCUT2D eigenvalue weighted by atomic mass is 10.3. The van der Waals surface area contributed by atoms with Crippen LogP contribution in [0.2, 0.25) is 5.15 Å². The highest BCUT2D eigenvalue weighted by atomic mass is 35.5. The highest BCUT2D eigenvalue weighted by Crippen LogP contribution is 2.21. The van der Waals surface area contributed by atoms with E-state index in [1.165, 1.54) is 6.33 Å². The molecule has 0 spiro atoms. The topological polar surface area (TPSA) is 80.5 Å². The summed E-state index contributed by atoms with van der Waals surface area (Å²) in [5.41, 5.74) is 6.67. The highest BCUT2D eigenvalue weighted by Gasteiger charge is 2.07. The molecular weight excluding hydrogens is 202 g/mol. The minimum atomic E-state index is 0.389. The number of fused-ring (bicyclic) bond motifs is 1. The van der Waals surface area contributed by atoms with Crippen molar-refractivity contribution in [2.45, 2.75) is 0 Å². The number of halogens is 1. The highest BCUT2D eigenvalue weighted by molar-refractivity contribution is 6.34. The van der Waals surface area contributed by atoms with Crippen molar-refractivity contribution in [3.63, 3.8) is 0 Å². The van der Waals surface area contributed by atoms with Crippen LogP contribution in [0.25, 0.3) is 17.1 Å². The number of nitrogens with two attached hydrogens (primary N) is 1. The number of hydrogen-bond donors (Lipinski definition) is 2. The quantitative estimate of drug-likeness (QED) is 0.723. The van der Waals surface area contributed by atoms with Gasteiger partial charge in [-0.1, -0.05) is 17.7 Å². The second-order valence-corrected chi connectivity index (χ2v) is 3.00. The number of rotatable bonds is 2. The van der Waals surface area contributed by atoms with Gasteiger partial charge in [-0.3, -0.25) is 5.10 Å². The Kier molecular flexibility index (Phi) is 2.43. The minimum absolute atomic E-state index is 0.389. The Morgan fingerprint density at radius 2 is 2.36 bits per heavy atom. The largest absolute Gasteiger partial charge is 0.327 e. The van der Waals surface area contributed by atoms with Crippen molar-refractivity contribution in [1.29, 1.82) is 0 Å². The lowest BCUT2D eigenvalue weighted by molar-refractivity contribution is 1.08. The molecule has 0 aromatic carbocycles. The molecule has 0 unspecified atom stereocenters. The molecular formula is C8H8ClN5. The summed E-state index contributed by atoms with van der Waals surface area (Å²) in [4.78, 5) is 7.85. The summed E-state index contributed by atoms with van der Waals surface area (Å²) in [7, 11) is 0. The van der Waals surface area contributed by atoms with Crippen LogP contribution in [0.3, 0.4) is 0 Å². The van der Waals surface area contributed by atoms with Crippen LogP contribution in [-0.2, 0) is 0 Å². The van der Waals surface area contributed by atoms with Crippen LogP contribution in [0.5, 0.6) is 0 Å². The van der Waals surface area contributed by atoms with E-state index in [9.17, 15) is 0 Å². The van der Waals surface area contributed by atoms with Crippen LogP contribution in [0.4, 0.5) is 0 Å². The lowest BCUT2D eigenvalue weighted by Crippen LogP contribution is -1.92. The van der Waals surface area contributed by atoms with Crippen LogP contribution in [0.1, 0.15) is 5.69 Å². The summed E-state index contributed by atoms with van der Waals surface area (Å²) in [5, 5.41) is 7.90. The average molecular weight is 210 g/mol. The average Bonchev–Trinajstić information content (AvgIpc) is 2.59. The molecule has 0 fully saturated rings. The molecule has 5 nitrogen and oxygen atoms in total. The van der Waals surface area contributed by atoms with Gasteiger partial charge in [-0.2, -0.15) is 5.10 Å². The Morgan fingerprint density at radius 1 is 1.50 bits per heavy atom. The van der Waals surface area contributed by atoms with E-state index < -0.39 is 0 Å². The van der Waals surface area contributed by atoms with Gasteiger partial charge in [0.2, 0.25) is 0 Å². The first kappa shape index (κ1) is 9.11. The number of aromatic amines is 1. The fourth-order valence-electron chi connectivity index (χ4n) is 1.15. The summed E-state index contributed by atoms with van der Waals surface area (Å²) in [6, 6.07) is 0. The summed E-state index contributed by atoms with van der Waals surface area (Å²) in [6.07, 6.45) is 4.99. The first-order valence-corrected chi connectivity index (χ1v) is 4.42. The molecule has 2 rings (SSSR count).